The van der Waals surface area contributed by atoms with E-state index in [0.717, 1.165) is 21.9 Å². The smallest absolute Gasteiger partial charge is 0.302 e. The van der Waals surface area contributed by atoms with Gasteiger partial charge in [-0.15, -0.1) is 0 Å². The molecule has 2 N–H and O–H groups in total. The van der Waals surface area contributed by atoms with Crippen molar-refractivity contribution in [1.29, 1.82) is 0 Å². The highest BCUT2D eigenvalue weighted by Gasteiger charge is 2.49. The number of imidazole rings is 1. The van der Waals surface area contributed by atoms with Crippen LogP contribution in [-0.4, -0.2) is 26.8 Å². The van der Waals surface area contributed by atoms with E-state index in [1.807, 2.05) is 55.5 Å². The Morgan fingerprint density at radius 2 is 1.80 bits per heavy atom. The van der Waals surface area contributed by atoms with Gasteiger partial charge in [-0.25, -0.2) is 4.98 Å². The molecule has 172 valence electrons. The average Bonchev–Trinajstić information content (AvgIpc) is 3.54. The van der Waals surface area contributed by atoms with Crippen LogP contribution < -0.4 is 4.90 Å². The normalized spacial score (nSPS) is 17.7. The third-order valence-corrected chi connectivity index (χ3v) is 6.37. The lowest BCUT2D eigenvalue weighted by atomic mass is 9.96. The standard InChI is InChI=1S/C28H21N3O4/c1-15-10-12-20-21(14-15)30-28(29-20)31-24(22-13-11-16(2)35-22)23(26(33)27(31)34)25(32)19-9-5-7-17-6-3-4-8-18(17)19/h3-14,24,32H,1-2H3,(H,29,30)/b25-23+. The molecule has 0 aliphatic carbocycles. The molecule has 1 fully saturated rings. The lowest BCUT2D eigenvalue weighted by Gasteiger charge is -2.21. The van der Waals surface area contributed by atoms with Crippen LogP contribution in [0.25, 0.3) is 27.6 Å². The van der Waals surface area contributed by atoms with Gasteiger partial charge in [0.05, 0.1) is 16.6 Å². The number of aliphatic hydroxyl groups is 1. The van der Waals surface area contributed by atoms with E-state index in [2.05, 4.69) is 9.97 Å². The van der Waals surface area contributed by atoms with Crippen molar-refractivity contribution in [2.75, 3.05) is 4.90 Å². The average molecular weight is 463 g/mol. The first kappa shape index (κ1) is 20.9. The van der Waals surface area contributed by atoms with Crippen molar-refractivity contribution in [2.24, 2.45) is 0 Å². The Morgan fingerprint density at radius 3 is 2.60 bits per heavy atom. The zero-order valence-electron chi connectivity index (χ0n) is 19.1. The molecule has 0 spiro atoms. The summed E-state index contributed by atoms with van der Waals surface area (Å²) in [6, 6.07) is 21.2. The molecule has 1 amide bonds. The van der Waals surface area contributed by atoms with Gasteiger partial charge in [0.2, 0.25) is 5.95 Å². The van der Waals surface area contributed by atoms with Gasteiger partial charge in [-0.2, -0.15) is 0 Å². The molecule has 0 radical (unpaired) electrons. The molecule has 1 aliphatic rings. The number of aliphatic hydroxyl groups excluding tert-OH is 1. The lowest BCUT2D eigenvalue weighted by molar-refractivity contribution is -0.132. The summed E-state index contributed by atoms with van der Waals surface area (Å²) in [6.45, 7) is 3.74. The molecule has 1 atom stereocenters. The Kier molecular flexibility index (Phi) is 4.60. The fourth-order valence-electron chi connectivity index (χ4n) is 4.72. The van der Waals surface area contributed by atoms with E-state index in [0.29, 0.717) is 22.6 Å². The minimum Gasteiger partial charge on any atom is -0.507 e. The predicted octanol–water partition coefficient (Wildman–Crippen LogP) is 5.55. The molecule has 1 unspecified atom stereocenters. The summed E-state index contributed by atoms with van der Waals surface area (Å²) in [5, 5.41) is 13.2. The number of furan rings is 1. The number of carbonyl (C=O) groups excluding carboxylic acids is 2. The highest BCUT2D eigenvalue weighted by molar-refractivity contribution is 6.51. The minimum absolute atomic E-state index is 0.0441. The van der Waals surface area contributed by atoms with Gasteiger partial charge in [-0.05, 0) is 54.4 Å². The summed E-state index contributed by atoms with van der Waals surface area (Å²) in [5.41, 5.74) is 2.86. The maximum Gasteiger partial charge on any atom is 0.302 e. The Hall–Kier alpha value is -4.65. The van der Waals surface area contributed by atoms with Gasteiger partial charge in [-0.1, -0.05) is 48.5 Å². The molecular formula is C28H21N3O4. The number of rotatable bonds is 3. The van der Waals surface area contributed by atoms with Gasteiger partial charge in [0, 0.05) is 5.56 Å². The number of aryl methyl sites for hydroxylation is 2. The van der Waals surface area contributed by atoms with Crippen molar-refractivity contribution in [2.45, 2.75) is 19.9 Å². The topological polar surface area (TPSA) is 99.4 Å². The quantitative estimate of drug-likeness (QED) is 0.208. The second kappa shape index (κ2) is 7.70. The number of hydrogen-bond donors (Lipinski definition) is 2. The number of nitrogens with one attached hydrogen (secondary N) is 1. The molecule has 2 aromatic heterocycles. The van der Waals surface area contributed by atoms with Crippen molar-refractivity contribution in [1.82, 2.24) is 9.97 Å². The van der Waals surface area contributed by atoms with Crippen molar-refractivity contribution in [3.63, 3.8) is 0 Å². The van der Waals surface area contributed by atoms with Gasteiger partial charge in [-0.3, -0.25) is 14.5 Å². The van der Waals surface area contributed by atoms with Crippen molar-refractivity contribution >= 4 is 45.2 Å². The third kappa shape index (κ3) is 3.24. The van der Waals surface area contributed by atoms with Crippen LogP contribution in [0.3, 0.4) is 0 Å². The third-order valence-electron chi connectivity index (χ3n) is 6.37. The Labute approximate surface area is 200 Å². The molecule has 7 heteroatoms. The zero-order chi connectivity index (χ0) is 24.3. The lowest BCUT2D eigenvalue weighted by Crippen LogP contribution is -2.30. The second-order valence-corrected chi connectivity index (χ2v) is 8.73. The van der Waals surface area contributed by atoms with E-state index in [4.69, 9.17) is 4.42 Å². The highest BCUT2D eigenvalue weighted by Crippen LogP contribution is 2.43. The number of Topliss-reactive ketones (excluding diaryl/α,β-unsaturated/α-hetero) is 1. The van der Waals surface area contributed by atoms with E-state index >= 15 is 0 Å². The molecule has 6 rings (SSSR count). The number of carbonyl (C=O) groups is 2. The van der Waals surface area contributed by atoms with Gasteiger partial charge >= 0.3 is 5.91 Å². The molecule has 0 bridgehead atoms. The van der Waals surface area contributed by atoms with Gasteiger partial charge < -0.3 is 14.5 Å². The van der Waals surface area contributed by atoms with Gasteiger partial charge in [0.15, 0.2) is 0 Å². The monoisotopic (exact) mass is 463 g/mol. The van der Waals surface area contributed by atoms with Crippen LogP contribution in [0.4, 0.5) is 5.95 Å². The van der Waals surface area contributed by atoms with Crippen molar-refractivity contribution < 1.29 is 19.1 Å². The summed E-state index contributed by atoms with van der Waals surface area (Å²) in [6.07, 6.45) is 0. The predicted molar refractivity (Wildman–Crippen MR) is 133 cm³/mol. The number of aromatic nitrogens is 2. The number of aromatic amines is 1. The van der Waals surface area contributed by atoms with E-state index in [-0.39, 0.29) is 17.3 Å². The van der Waals surface area contributed by atoms with Crippen molar-refractivity contribution in [3.8, 4) is 0 Å². The summed E-state index contributed by atoms with van der Waals surface area (Å²) in [4.78, 5) is 35.8. The Balaban J connectivity index is 1.60. The SMILES string of the molecule is Cc1ccc2nc(N3C(=O)C(=O)/C(=C(/O)c4cccc5ccccc45)C3c3ccc(C)o3)[nH]c2c1. The molecule has 0 saturated carbocycles. The maximum atomic E-state index is 13.4. The van der Waals surface area contributed by atoms with E-state index in [1.165, 1.54) is 4.90 Å². The van der Waals surface area contributed by atoms with Crippen LogP contribution >= 0.6 is 0 Å². The molecule has 1 aliphatic heterocycles. The number of H-pyrrole nitrogens is 1. The molecule has 3 heterocycles. The van der Waals surface area contributed by atoms with E-state index in [1.54, 1.807) is 31.2 Å². The second-order valence-electron chi connectivity index (χ2n) is 8.73. The fraction of sp³-hybridized carbons (Fsp3) is 0.107. The van der Waals surface area contributed by atoms with Crippen LogP contribution in [-0.2, 0) is 9.59 Å². The number of anilines is 1. The fourth-order valence-corrected chi connectivity index (χ4v) is 4.72. The summed E-state index contributed by atoms with van der Waals surface area (Å²) in [5.74, 6) is -0.652. The molecule has 3 aromatic carbocycles. The Bertz CT molecular complexity index is 1690. The molecule has 7 nitrogen and oxygen atoms in total. The molecule has 35 heavy (non-hydrogen) atoms. The van der Waals surface area contributed by atoms with E-state index < -0.39 is 17.7 Å². The van der Waals surface area contributed by atoms with Crippen LogP contribution in [0.2, 0.25) is 0 Å². The van der Waals surface area contributed by atoms with Crippen molar-refractivity contribution in [3.05, 3.63) is 101 Å². The molecule has 5 aromatic rings. The van der Waals surface area contributed by atoms with Crippen LogP contribution in [0.1, 0.15) is 28.7 Å². The Morgan fingerprint density at radius 1 is 1.00 bits per heavy atom. The maximum absolute atomic E-state index is 13.4. The van der Waals surface area contributed by atoms with Crippen LogP contribution in [0.15, 0.2) is 82.8 Å². The number of nitrogens with zero attached hydrogens (tertiary/aromatic N) is 2. The summed E-state index contributed by atoms with van der Waals surface area (Å²) in [7, 11) is 0. The number of amides is 1. The number of hydrogen-bond acceptors (Lipinski definition) is 5. The largest absolute Gasteiger partial charge is 0.507 e. The number of ketones is 1. The first-order chi connectivity index (χ1) is 16.9. The molecular weight excluding hydrogens is 442 g/mol. The summed E-state index contributed by atoms with van der Waals surface area (Å²) < 4.78 is 5.88. The van der Waals surface area contributed by atoms with Gasteiger partial charge in [0.25, 0.3) is 5.78 Å². The highest BCUT2D eigenvalue weighted by atomic mass is 16.3. The first-order valence-electron chi connectivity index (χ1n) is 11.2. The van der Waals surface area contributed by atoms with Crippen LogP contribution in [0.5, 0.6) is 0 Å². The summed E-state index contributed by atoms with van der Waals surface area (Å²) >= 11 is 0. The zero-order valence-corrected chi connectivity index (χ0v) is 19.1. The first-order valence-corrected chi connectivity index (χ1v) is 11.2. The number of benzene rings is 3. The number of fused-ring (bicyclic) bond motifs is 2. The molecule has 1 saturated heterocycles. The van der Waals surface area contributed by atoms with Crippen LogP contribution in [0, 0.1) is 13.8 Å². The van der Waals surface area contributed by atoms with Gasteiger partial charge in [0.1, 0.15) is 23.3 Å². The minimum atomic E-state index is -0.982. The van der Waals surface area contributed by atoms with E-state index in [9.17, 15) is 14.7 Å².